The van der Waals surface area contributed by atoms with Crippen molar-refractivity contribution in [3.05, 3.63) is 59.7 Å². The topological polar surface area (TPSA) is 113 Å². The predicted octanol–water partition coefficient (Wildman–Crippen LogP) is 1.90. The molecule has 2 aromatic carbocycles. The van der Waals surface area contributed by atoms with Crippen LogP contribution in [0.3, 0.4) is 0 Å². The van der Waals surface area contributed by atoms with Crippen LogP contribution in [0.5, 0.6) is 5.75 Å². The number of phenols is 1. The lowest BCUT2D eigenvalue weighted by Gasteiger charge is -2.18. The highest BCUT2D eigenvalue weighted by molar-refractivity contribution is 7.89. The summed E-state index contributed by atoms with van der Waals surface area (Å²) in [5.74, 6) is -1.30. The van der Waals surface area contributed by atoms with Crippen molar-refractivity contribution in [1.29, 1.82) is 0 Å². The maximum Gasteiger partial charge on any atom is 0.338 e. The first-order chi connectivity index (χ1) is 13.8. The first kappa shape index (κ1) is 22.4. The van der Waals surface area contributed by atoms with E-state index in [2.05, 4.69) is 5.32 Å². The minimum atomic E-state index is -3.53. The van der Waals surface area contributed by atoms with Gasteiger partial charge in [-0.25, -0.2) is 13.2 Å². The van der Waals surface area contributed by atoms with Crippen molar-refractivity contribution in [3.63, 3.8) is 0 Å². The number of ether oxygens (including phenoxy) is 1. The number of esters is 1. The molecule has 0 aliphatic heterocycles. The second-order valence-corrected chi connectivity index (χ2v) is 8.07. The molecule has 0 aliphatic carbocycles. The Morgan fingerprint density at radius 2 is 1.72 bits per heavy atom. The molecule has 0 saturated carbocycles. The van der Waals surface area contributed by atoms with Gasteiger partial charge in [0.05, 0.1) is 10.5 Å². The zero-order valence-electron chi connectivity index (χ0n) is 16.3. The second kappa shape index (κ2) is 10.0. The summed E-state index contributed by atoms with van der Waals surface area (Å²) < 4.78 is 31.2. The Bertz CT molecular complexity index is 953. The van der Waals surface area contributed by atoms with E-state index in [4.69, 9.17) is 4.74 Å². The number of nitrogens with one attached hydrogen (secondary N) is 1. The molecule has 0 heterocycles. The molecule has 0 saturated heterocycles. The number of sulfonamides is 1. The van der Waals surface area contributed by atoms with E-state index in [1.807, 2.05) is 0 Å². The second-order valence-electron chi connectivity index (χ2n) is 6.14. The van der Waals surface area contributed by atoms with E-state index < -0.39 is 28.5 Å². The van der Waals surface area contributed by atoms with E-state index in [1.54, 1.807) is 26.0 Å². The quantitative estimate of drug-likeness (QED) is 0.599. The average Bonchev–Trinajstić information content (AvgIpc) is 2.71. The molecule has 0 atom stereocenters. The molecule has 29 heavy (non-hydrogen) atoms. The van der Waals surface area contributed by atoms with Gasteiger partial charge in [0.25, 0.3) is 5.91 Å². The van der Waals surface area contributed by atoms with E-state index in [0.717, 1.165) is 0 Å². The fraction of sp³-hybridized carbons (Fsp3) is 0.300. The van der Waals surface area contributed by atoms with Gasteiger partial charge in [-0.15, -0.1) is 0 Å². The van der Waals surface area contributed by atoms with Crippen LogP contribution >= 0.6 is 0 Å². The van der Waals surface area contributed by atoms with Crippen LogP contribution in [0.25, 0.3) is 0 Å². The molecule has 2 N–H and O–H groups in total. The van der Waals surface area contributed by atoms with Gasteiger partial charge in [0.15, 0.2) is 6.61 Å². The fourth-order valence-corrected chi connectivity index (χ4v) is 4.05. The summed E-state index contributed by atoms with van der Waals surface area (Å²) >= 11 is 0. The van der Waals surface area contributed by atoms with E-state index in [0.29, 0.717) is 18.7 Å². The number of carbonyl (C=O) groups is 2. The van der Waals surface area contributed by atoms with Gasteiger partial charge in [0.1, 0.15) is 5.75 Å². The number of benzene rings is 2. The van der Waals surface area contributed by atoms with Crippen LogP contribution in [0.15, 0.2) is 53.4 Å². The van der Waals surface area contributed by atoms with Gasteiger partial charge in [-0.1, -0.05) is 32.0 Å². The lowest BCUT2D eigenvalue weighted by Crippen LogP contribution is -2.30. The van der Waals surface area contributed by atoms with Crippen LogP contribution < -0.4 is 5.32 Å². The number of rotatable bonds is 9. The molecule has 8 nitrogen and oxygen atoms in total. The molecule has 2 rings (SSSR count). The smallest absolute Gasteiger partial charge is 0.338 e. The first-order valence-electron chi connectivity index (χ1n) is 9.09. The molecule has 0 aromatic heterocycles. The lowest BCUT2D eigenvalue weighted by molar-refractivity contribution is -0.124. The Morgan fingerprint density at radius 1 is 1.07 bits per heavy atom. The van der Waals surface area contributed by atoms with Crippen molar-refractivity contribution in [3.8, 4) is 5.75 Å². The number of phenolic OH excluding ortho intramolecular Hbond substituents is 1. The Morgan fingerprint density at radius 3 is 2.31 bits per heavy atom. The van der Waals surface area contributed by atoms with Gasteiger partial charge in [0, 0.05) is 19.6 Å². The van der Waals surface area contributed by atoms with Gasteiger partial charge in [-0.2, -0.15) is 4.31 Å². The summed E-state index contributed by atoms with van der Waals surface area (Å²) in [6.45, 7) is 4.02. The molecule has 0 fully saturated rings. The van der Waals surface area contributed by atoms with Crippen molar-refractivity contribution in [2.24, 2.45) is 0 Å². The molecular formula is C20H24N2O6S. The average molecular weight is 420 g/mol. The largest absolute Gasteiger partial charge is 0.508 e. The van der Waals surface area contributed by atoms with E-state index in [-0.39, 0.29) is 22.8 Å². The normalized spacial score (nSPS) is 11.3. The van der Waals surface area contributed by atoms with Crippen LogP contribution in [-0.2, 0) is 26.1 Å². The Kier molecular flexibility index (Phi) is 7.74. The molecule has 9 heteroatoms. The van der Waals surface area contributed by atoms with Crippen LogP contribution in [-0.4, -0.2) is 49.4 Å². The number of nitrogens with zero attached hydrogens (tertiary/aromatic N) is 1. The number of hydrogen-bond acceptors (Lipinski definition) is 6. The summed E-state index contributed by atoms with van der Waals surface area (Å²) in [6.07, 6.45) is 0. The van der Waals surface area contributed by atoms with Crippen molar-refractivity contribution in [2.75, 3.05) is 19.7 Å². The van der Waals surface area contributed by atoms with Gasteiger partial charge >= 0.3 is 5.97 Å². The molecule has 0 aliphatic rings. The molecule has 0 bridgehead atoms. The highest BCUT2D eigenvalue weighted by Gasteiger charge is 2.21. The molecule has 0 radical (unpaired) electrons. The Hall–Kier alpha value is -2.91. The predicted molar refractivity (Wildman–Crippen MR) is 107 cm³/mol. The third-order valence-electron chi connectivity index (χ3n) is 4.17. The summed E-state index contributed by atoms with van der Waals surface area (Å²) in [7, 11) is -3.53. The molecule has 1 amide bonds. The van der Waals surface area contributed by atoms with E-state index >= 15 is 0 Å². The Labute approximate surface area is 170 Å². The minimum absolute atomic E-state index is 0.0737. The number of aromatic hydroxyl groups is 1. The molecular weight excluding hydrogens is 396 g/mol. The van der Waals surface area contributed by atoms with Crippen molar-refractivity contribution >= 4 is 21.9 Å². The van der Waals surface area contributed by atoms with Gasteiger partial charge in [-0.05, 0) is 35.9 Å². The van der Waals surface area contributed by atoms with E-state index in [1.165, 1.54) is 40.7 Å². The van der Waals surface area contributed by atoms with Crippen molar-refractivity contribution < 1.29 is 27.9 Å². The summed E-state index contributed by atoms with van der Waals surface area (Å²) in [4.78, 5) is 23.9. The summed E-state index contributed by atoms with van der Waals surface area (Å²) in [5.41, 5.74) is 0.846. The number of carbonyl (C=O) groups excluding carboxylic acids is 2. The third kappa shape index (κ3) is 6.03. The first-order valence-corrected chi connectivity index (χ1v) is 10.5. The van der Waals surface area contributed by atoms with Crippen molar-refractivity contribution in [1.82, 2.24) is 9.62 Å². The van der Waals surface area contributed by atoms with Crippen LogP contribution in [0.2, 0.25) is 0 Å². The Balaban J connectivity index is 1.86. The van der Waals surface area contributed by atoms with Crippen molar-refractivity contribution in [2.45, 2.75) is 25.3 Å². The molecule has 156 valence electrons. The monoisotopic (exact) mass is 420 g/mol. The molecule has 2 aromatic rings. The van der Waals surface area contributed by atoms with Crippen LogP contribution in [0.4, 0.5) is 0 Å². The zero-order valence-corrected chi connectivity index (χ0v) is 17.1. The SMILES string of the molecule is CCN(CC)S(=O)(=O)c1ccc(CNC(=O)COC(=O)c2cccc(O)c2)cc1. The zero-order chi connectivity index (χ0) is 21.4. The van der Waals surface area contributed by atoms with E-state index in [9.17, 15) is 23.1 Å². The minimum Gasteiger partial charge on any atom is -0.508 e. The third-order valence-corrected chi connectivity index (χ3v) is 6.24. The maximum atomic E-state index is 12.5. The van der Waals surface area contributed by atoms with Gasteiger partial charge in [-0.3, -0.25) is 4.79 Å². The lowest BCUT2D eigenvalue weighted by atomic mass is 10.2. The molecule has 0 spiro atoms. The maximum absolute atomic E-state index is 12.5. The number of hydrogen-bond donors (Lipinski definition) is 2. The summed E-state index contributed by atoms with van der Waals surface area (Å²) in [6, 6.07) is 11.9. The summed E-state index contributed by atoms with van der Waals surface area (Å²) in [5, 5.41) is 11.9. The highest BCUT2D eigenvalue weighted by Crippen LogP contribution is 2.16. The van der Waals surface area contributed by atoms with Crippen LogP contribution in [0.1, 0.15) is 29.8 Å². The standard InChI is InChI=1S/C20H24N2O6S/c1-3-22(4-2)29(26,27)18-10-8-15(9-11-18)13-21-19(24)14-28-20(25)16-6-5-7-17(23)12-16/h5-12,23H,3-4,13-14H2,1-2H3,(H,21,24). The van der Waals surface area contributed by atoms with Gasteiger partial charge in [0.2, 0.25) is 10.0 Å². The molecule has 0 unspecified atom stereocenters. The van der Waals surface area contributed by atoms with Crippen LogP contribution in [0, 0.1) is 0 Å². The fourth-order valence-electron chi connectivity index (χ4n) is 2.59. The number of amides is 1. The van der Waals surface area contributed by atoms with Gasteiger partial charge < -0.3 is 15.2 Å². The highest BCUT2D eigenvalue weighted by atomic mass is 32.2.